The van der Waals surface area contributed by atoms with Crippen molar-refractivity contribution in [3.8, 4) is 0 Å². The van der Waals surface area contributed by atoms with Crippen molar-refractivity contribution in [3.05, 3.63) is 34.3 Å². The van der Waals surface area contributed by atoms with Crippen molar-refractivity contribution in [2.75, 3.05) is 19.8 Å². The minimum Gasteiger partial charge on any atom is -0.379 e. The summed E-state index contributed by atoms with van der Waals surface area (Å²) in [5.74, 6) is 0. The lowest BCUT2D eigenvalue weighted by Crippen LogP contribution is -2.52. The molecule has 2 rings (SSSR count). The van der Waals surface area contributed by atoms with Gasteiger partial charge in [0.25, 0.3) is 0 Å². The van der Waals surface area contributed by atoms with Crippen molar-refractivity contribution in [3.63, 3.8) is 0 Å². The quantitative estimate of drug-likeness (QED) is 0.856. The van der Waals surface area contributed by atoms with Gasteiger partial charge in [0, 0.05) is 11.0 Å². The Kier molecular flexibility index (Phi) is 2.41. The fourth-order valence-electron chi connectivity index (χ4n) is 1.55. The van der Waals surface area contributed by atoms with E-state index in [-0.39, 0.29) is 5.41 Å². The highest BCUT2D eigenvalue weighted by Crippen LogP contribution is 2.31. The summed E-state index contributed by atoms with van der Waals surface area (Å²) in [5.41, 5.74) is 7.11. The molecule has 0 amide bonds. The summed E-state index contributed by atoms with van der Waals surface area (Å²) >= 11 is 3.41. The SMILES string of the molecule is NCC1(c2ccc(Br)cc2)COC1. The first kappa shape index (κ1) is 9.19. The molecule has 0 unspecified atom stereocenters. The zero-order valence-corrected chi connectivity index (χ0v) is 8.88. The van der Waals surface area contributed by atoms with Crippen LogP contribution < -0.4 is 5.73 Å². The van der Waals surface area contributed by atoms with Gasteiger partial charge in [-0.3, -0.25) is 0 Å². The fraction of sp³-hybridized carbons (Fsp3) is 0.400. The van der Waals surface area contributed by atoms with Crippen LogP contribution in [0.1, 0.15) is 5.56 Å². The van der Waals surface area contributed by atoms with E-state index in [1.165, 1.54) is 5.56 Å². The van der Waals surface area contributed by atoms with Crippen LogP contribution in [0.2, 0.25) is 0 Å². The molecule has 3 heteroatoms. The Bertz CT molecular complexity index is 287. The van der Waals surface area contributed by atoms with Gasteiger partial charge in [0.2, 0.25) is 0 Å². The Morgan fingerprint density at radius 3 is 2.31 bits per heavy atom. The van der Waals surface area contributed by atoms with Crippen molar-refractivity contribution < 1.29 is 4.74 Å². The molecule has 70 valence electrons. The van der Waals surface area contributed by atoms with Crippen LogP contribution in [-0.4, -0.2) is 19.8 Å². The first-order valence-corrected chi connectivity index (χ1v) is 5.10. The number of rotatable bonds is 2. The molecule has 13 heavy (non-hydrogen) atoms. The summed E-state index contributed by atoms with van der Waals surface area (Å²) in [5, 5.41) is 0. The average Bonchev–Trinajstić information content (AvgIpc) is 2.07. The molecule has 0 saturated carbocycles. The molecule has 0 radical (unpaired) electrons. The molecular weight excluding hydrogens is 230 g/mol. The minimum atomic E-state index is 0.0840. The molecule has 0 aromatic heterocycles. The third-order valence-corrected chi connectivity index (χ3v) is 3.13. The lowest BCUT2D eigenvalue weighted by molar-refractivity contribution is -0.0550. The molecule has 0 atom stereocenters. The summed E-state index contributed by atoms with van der Waals surface area (Å²) in [4.78, 5) is 0. The lowest BCUT2D eigenvalue weighted by Gasteiger charge is -2.41. The van der Waals surface area contributed by atoms with Crippen molar-refractivity contribution in [2.24, 2.45) is 5.73 Å². The van der Waals surface area contributed by atoms with Gasteiger partial charge in [-0.25, -0.2) is 0 Å². The number of benzene rings is 1. The molecule has 1 aromatic rings. The third kappa shape index (κ3) is 1.52. The molecule has 1 aromatic carbocycles. The molecule has 0 spiro atoms. The minimum absolute atomic E-state index is 0.0840. The maximum atomic E-state index is 5.75. The van der Waals surface area contributed by atoms with E-state index in [1.54, 1.807) is 0 Å². The third-order valence-electron chi connectivity index (χ3n) is 2.60. The van der Waals surface area contributed by atoms with Gasteiger partial charge in [-0.1, -0.05) is 28.1 Å². The largest absolute Gasteiger partial charge is 0.379 e. The second kappa shape index (κ2) is 3.40. The average molecular weight is 242 g/mol. The van der Waals surface area contributed by atoms with Gasteiger partial charge in [0.1, 0.15) is 0 Å². The van der Waals surface area contributed by atoms with Gasteiger partial charge >= 0.3 is 0 Å². The maximum absolute atomic E-state index is 5.75. The van der Waals surface area contributed by atoms with Crippen LogP contribution in [-0.2, 0) is 10.2 Å². The van der Waals surface area contributed by atoms with E-state index in [1.807, 2.05) is 12.1 Å². The molecule has 1 heterocycles. The van der Waals surface area contributed by atoms with E-state index in [0.29, 0.717) is 6.54 Å². The molecule has 0 aliphatic carbocycles. The van der Waals surface area contributed by atoms with Gasteiger partial charge in [-0.05, 0) is 17.7 Å². The normalized spacial score (nSPS) is 19.5. The van der Waals surface area contributed by atoms with Crippen molar-refractivity contribution in [1.82, 2.24) is 0 Å². The fourth-order valence-corrected chi connectivity index (χ4v) is 1.82. The maximum Gasteiger partial charge on any atom is 0.0597 e. The summed E-state index contributed by atoms with van der Waals surface area (Å²) in [6, 6.07) is 8.31. The van der Waals surface area contributed by atoms with Crippen LogP contribution in [0.3, 0.4) is 0 Å². The van der Waals surface area contributed by atoms with Crippen LogP contribution in [0, 0.1) is 0 Å². The molecule has 1 aliphatic rings. The molecule has 0 bridgehead atoms. The first-order valence-electron chi connectivity index (χ1n) is 4.31. The number of hydrogen-bond acceptors (Lipinski definition) is 2. The predicted molar refractivity (Wildman–Crippen MR) is 55.7 cm³/mol. The molecule has 1 saturated heterocycles. The van der Waals surface area contributed by atoms with E-state index in [2.05, 4.69) is 28.1 Å². The summed E-state index contributed by atoms with van der Waals surface area (Å²) < 4.78 is 6.32. The summed E-state index contributed by atoms with van der Waals surface area (Å²) in [7, 11) is 0. The van der Waals surface area contributed by atoms with Crippen LogP contribution >= 0.6 is 15.9 Å². The Morgan fingerprint density at radius 2 is 1.92 bits per heavy atom. The zero-order chi connectivity index (χ0) is 9.31. The van der Waals surface area contributed by atoms with Crippen LogP contribution in [0.5, 0.6) is 0 Å². The Balaban J connectivity index is 2.28. The molecule has 1 aliphatic heterocycles. The second-order valence-corrected chi connectivity index (χ2v) is 4.40. The van der Waals surface area contributed by atoms with Crippen LogP contribution in [0.25, 0.3) is 0 Å². The number of hydrogen-bond donors (Lipinski definition) is 1. The van der Waals surface area contributed by atoms with Crippen LogP contribution in [0.4, 0.5) is 0 Å². The lowest BCUT2D eigenvalue weighted by atomic mass is 9.79. The number of ether oxygens (including phenoxy) is 1. The topological polar surface area (TPSA) is 35.2 Å². The van der Waals surface area contributed by atoms with Crippen molar-refractivity contribution >= 4 is 15.9 Å². The smallest absolute Gasteiger partial charge is 0.0597 e. The van der Waals surface area contributed by atoms with E-state index < -0.39 is 0 Å². The second-order valence-electron chi connectivity index (χ2n) is 3.48. The van der Waals surface area contributed by atoms with Gasteiger partial charge in [0.05, 0.1) is 18.6 Å². The molecule has 1 fully saturated rings. The van der Waals surface area contributed by atoms with Gasteiger partial charge in [-0.15, -0.1) is 0 Å². The zero-order valence-electron chi connectivity index (χ0n) is 7.29. The van der Waals surface area contributed by atoms with E-state index in [0.717, 1.165) is 17.7 Å². The van der Waals surface area contributed by atoms with E-state index in [4.69, 9.17) is 10.5 Å². The highest BCUT2D eigenvalue weighted by atomic mass is 79.9. The molecular formula is C10H12BrNO. The van der Waals surface area contributed by atoms with Gasteiger partial charge < -0.3 is 10.5 Å². The van der Waals surface area contributed by atoms with Crippen molar-refractivity contribution in [1.29, 1.82) is 0 Å². The highest BCUT2D eigenvalue weighted by Gasteiger charge is 2.38. The Hall–Kier alpha value is -0.380. The molecule has 2 nitrogen and oxygen atoms in total. The summed E-state index contributed by atoms with van der Waals surface area (Å²) in [6.07, 6.45) is 0. The molecule has 2 N–H and O–H groups in total. The van der Waals surface area contributed by atoms with E-state index >= 15 is 0 Å². The predicted octanol–water partition coefficient (Wildman–Crippen LogP) is 1.68. The number of nitrogens with two attached hydrogens (primary N) is 1. The van der Waals surface area contributed by atoms with Crippen molar-refractivity contribution in [2.45, 2.75) is 5.41 Å². The highest BCUT2D eigenvalue weighted by molar-refractivity contribution is 9.10. The Morgan fingerprint density at radius 1 is 1.31 bits per heavy atom. The van der Waals surface area contributed by atoms with Gasteiger partial charge in [0.15, 0.2) is 0 Å². The van der Waals surface area contributed by atoms with Crippen LogP contribution in [0.15, 0.2) is 28.7 Å². The monoisotopic (exact) mass is 241 g/mol. The Labute approximate surface area is 86.2 Å². The first-order chi connectivity index (χ1) is 6.27. The van der Waals surface area contributed by atoms with Gasteiger partial charge in [-0.2, -0.15) is 0 Å². The summed E-state index contributed by atoms with van der Waals surface area (Å²) in [6.45, 7) is 2.17. The standard InChI is InChI=1S/C10H12BrNO/c11-9-3-1-8(2-4-9)10(5-12)6-13-7-10/h1-4H,5-7,12H2. The van der Waals surface area contributed by atoms with E-state index in [9.17, 15) is 0 Å². The number of halogens is 1.